The van der Waals surface area contributed by atoms with Gasteiger partial charge in [-0.3, -0.25) is 9.10 Å². The Labute approximate surface area is 177 Å². The summed E-state index contributed by atoms with van der Waals surface area (Å²) < 4.78 is 54.2. The van der Waals surface area contributed by atoms with Crippen LogP contribution in [0.4, 0.5) is 20.2 Å². The fourth-order valence-corrected chi connectivity index (χ4v) is 4.27. The minimum Gasteiger partial charge on any atom is -0.317 e. The number of para-hydroxylation sites is 1. The van der Waals surface area contributed by atoms with E-state index in [0.29, 0.717) is 5.69 Å². The van der Waals surface area contributed by atoms with E-state index in [1.54, 1.807) is 12.1 Å². The lowest BCUT2D eigenvalue weighted by Gasteiger charge is -2.20. The van der Waals surface area contributed by atoms with Gasteiger partial charge in [0.15, 0.2) is 0 Å². The predicted octanol–water partition coefficient (Wildman–Crippen LogP) is 4.76. The average Bonchev–Trinajstić information content (AvgIpc) is 2.76. The van der Waals surface area contributed by atoms with Crippen LogP contribution in [0.15, 0.2) is 76.5 Å². The Hall–Kier alpha value is -2.91. The monoisotopic (exact) mass is 448 g/mol. The first-order valence-electron chi connectivity index (χ1n) is 8.72. The summed E-state index contributed by atoms with van der Waals surface area (Å²) in [4.78, 5) is 13.4. The highest BCUT2D eigenvalue weighted by atomic mass is 32.2. The smallest absolute Gasteiger partial charge is 0.264 e. The molecule has 0 saturated carbocycles. The summed E-state index contributed by atoms with van der Waals surface area (Å²) in [5.41, 5.74) is -0.0888. The highest BCUT2D eigenvalue weighted by Crippen LogP contribution is 2.25. The van der Waals surface area contributed by atoms with Gasteiger partial charge in [-0.2, -0.15) is 0 Å². The number of carbonyl (C=O) groups excluding carboxylic acids is 1. The van der Waals surface area contributed by atoms with Crippen LogP contribution in [0, 0.1) is 11.6 Å². The topological polar surface area (TPSA) is 66.5 Å². The molecule has 0 aliphatic carbocycles. The van der Waals surface area contributed by atoms with Crippen LogP contribution in [-0.2, 0) is 10.0 Å². The van der Waals surface area contributed by atoms with Crippen molar-refractivity contribution in [2.24, 2.45) is 0 Å². The number of carbonyl (C=O) groups is 1. The van der Waals surface area contributed by atoms with Gasteiger partial charge in [-0.25, -0.2) is 17.2 Å². The quantitative estimate of drug-likeness (QED) is 0.552. The number of hydrogen-bond donors (Lipinski definition) is 1. The van der Waals surface area contributed by atoms with Crippen molar-refractivity contribution in [2.75, 3.05) is 22.9 Å². The van der Waals surface area contributed by atoms with Gasteiger partial charge in [0, 0.05) is 17.5 Å². The van der Waals surface area contributed by atoms with Crippen LogP contribution in [0.5, 0.6) is 0 Å². The molecular formula is C21H18F2N2O3S2. The summed E-state index contributed by atoms with van der Waals surface area (Å²) >= 11 is 1.51. The number of sulfonamides is 1. The first-order valence-corrected chi connectivity index (χ1v) is 11.4. The van der Waals surface area contributed by atoms with Gasteiger partial charge in [-0.15, -0.1) is 11.8 Å². The first kappa shape index (κ1) is 21.8. The van der Waals surface area contributed by atoms with Gasteiger partial charge in [-0.05, 0) is 66.9 Å². The number of halogens is 2. The molecule has 30 heavy (non-hydrogen) atoms. The SMILES string of the molecule is CSc1ccc(S(=O)(=O)N(C)c2ccc(C(=O)Nc3c(F)cccc3F)cc2)cc1. The zero-order chi connectivity index (χ0) is 21.9. The minimum atomic E-state index is -3.79. The van der Waals surface area contributed by atoms with Crippen LogP contribution in [0.1, 0.15) is 10.4 Å². The highest BCUT2D eigenvalue weighted by Gasteiger charge is 2.21. The molecule has 0 spiro atoms. The van der Waals surface area contributed by atoms with Crippen LogP contribution in [0.3, 0.4) is 0 Å². The molecule has 0 bridgehead atoms. The van der Waals surface area contributed by atoms with E-state index in [0.717, 1.165) is 21.3 Å². The van der Waals surface area contributed by atoms with Gasteiger partial charge in [0.05, 0.1) is 10.6 Å². The van der Waals surface area contributed by atoms with Crippen molar-refractivity contribution in [1.82, 2.24) is 0 Å². The predicted molar refractivity (Wildman–Crippen MR) is 115 cm³/mol. The molecule has 0 aliphatic rings. The van der Waals surface area contributed by atoms with E-state index in [9.17, 15) is 22.0 Å². The van der Waals surface area contributed by atoms with Crippen LogP contribution < -0.4 is 9.62 Å². The average molecular weight is 449 g/mol. The van der Waals surface area contributed by atoms with E-state index in [1.165, 1.54) is 61.3 Å². The van der Waals surface area contributed by atoms with E-state index in [1.807, 2.05) is 6.26 Å². The van der Waals surface area contributed by atoms with Gasteiger partial charge >= 0.3 is 0 Å². The van der Waals surface area contributed by atoms with Crippen molar-refractivity contribution in [3.8, 4) is 0 Å². The lowest BCUT2D eigenvalue weighted by atomic mass is 10.2. The molecule has 9 heteroatoms. The van der Waals surface area contributed by atoms with E-state index < -0.39 is 33.3 Å². The standard InChI is InChI=1S/C21H18F2N2O3S2/c1-25(30(27,28)17-12-10-16(29-2)11-13-17)15-8-6-14(7-9-15)21(26)24-20-18(22)4-3-5-19(20)23/h3-13H,1-2H3,(H,24,26). The van der Waals surface area contributed by atoms with Crippen LogP contribution in [0.25, 0.3) is 0 Å². The van der Waals surface area contributed by atoms with Crippen molar-refractivity contribution in [1.29, 1.82) is 0 Å². The Kier molecular flexibility index (Phi) is 6.42. The molecule has 0 atom stereocenters. The molecule has 0 aromatic heterocycles. The number of amides is 1. The summed E-state index contributed by atoms with van der Waals surface area (Å²) in [6.45, 7) is 0. The summed E-state index contributed by atoms with van der Waals surface area (Å²) in [5, 5.41) is 2.19. The molecule has 0 fully saturated rings. The second kappa shape index (κ2) is 8.85. The molecule has 156 valence electrons. The summed E-state index contributed by atoms with van der Waals surface area (Å²) in [6.07, 6.45) is 1.90. The molecule has 1 N–H and O–H groups in total. The number of benzene rings is 3. The number of hydrogen-bond acceptors (Lipinski definition) is 4. The zero-order valence-electron chi connectivity index (χ0n) is 16.1. The molecule has 0 heterocycles. The van der Waals surface area contributed by atoms with E-state index >= 15 is 0 Å². The molecule has 3 rings (SSSR count). The maximum Gasteiger partial charge on any atom is 0.264 e. The minimum absolute atomic E-state index is 0.122. The number of nitrogens with one attached hydrogen (secondary N) is 1. The second-order valence-corrected chi connectivity index (χ2v) is 9.09. The third kappa shape index (κ3) is 4.47. The molecule has 0 radical (unpaired) electrons. The zero-order valence-corrected chi connectivity index (χ0v) is 17.7. The summed E-state index contributed by atoms with van der Waals surface area (Å²) in [7, 11) is -2.38. The van der Waals surface area contributed by atoms with Crippen LogP contribution in [0.2, 0.25) is 0 Å². The Balaban J connectivity index is 1.79. The number of nitrogens with zero attached hydrogens (tertiary/aromatic N) is 1. The number of anilines is 2. The number of rotatable bonds is 6. The third-order valence-corrected chi connectivity index (χ3v) is 6.96. The lowest BCUT2D eigenvalue weighted by Crippen LogP contribution is -2.26. The molecular weight excluding hydrogens is 430 g/mol. The van der Waals surface area contributed by atoms with Gasteiger partial charge in [-0.1, -0.05) is 6.07 Å². The third-order valence-electron chi connectivity index (χ3n) is 4.41. The molecule has 3 aromatic rings. The molecule has 0 saturated heterocycles. The fraction of sp³-hybridized carbons (Fsp3) is 0.0952. The van der Waals surface area contributed by atoms with Crippen molar-refractivity contribution in [3.05, 3.63) is 83.9 Å². The molecule has 0 unspecified atom stereocenters. The summed E-state index contributed by atoms with van der Waals surface area (Å²) in [5.74, 6) is -2.50. The normalized spacial score (nSPS) is 11.2. The van der Waals surface area contributed by atoms with Gasteiger partial charge < -0.3 is 5.32 Å². The number of thioether (sulfide) groups is 1. The van der Waals surface area contributed by atoms with E-state index in [-0.39, 0.29) is 10.5 Å². The Bertz CT molecular complexity index is 1150. The van der Waals surface area contributed by atoms with Gasteiger partial charge in [0.2, 0.25) is 0 Å². The Morgan fingerprint density at radius 2 is 1.50 bits per heavy atom. The Morgan fingerprint density at radius 3 is 2.03 bits per heavy atom. The van der Waals surface area contributed by atoms with Crippen LogP contribution >= 0.6 is 11.8 Å². The van der Waals surface area contributed by atoms with Crippen molar-refractivity contribution >= 4 is 39.1 Å². The van der Waals surface area contributed by atoms with Crippen LogP contribution in [-0.4, -0.2) is 27.6 Å². The fourth-order valence-electron chi connectivity index (χ4n) is 2.67. The largest absolute Gasteiger partial charge is 0.317 e. The first-order chi connectivity index (χ1) is 14.2. The van der Waals surface area contributed by atoms with Gasteiger partial charge in [0.25, 0.3) is 15.9 Å². The van der Waals surface area contributed by atoms with Gasteiger partial charge in [0.1, 0.15) is 17.3 Å². The maximum absolute atomic E-state index is 13.7. The second-order valence-electron chi connectivity index (χ2n) is 6.25. The van der Waals surface area contributed by atoms with Crippen molar-refractivity contribution in [2.45, 2.75) is 9.79 Å². The molecule has 3 aromatic carbocycles. The lowest BCUT2D eigenvalue weighted by molar-refractivity contribution is 0.102. The van der Waals surface area contributed by atoms with Crippen molar-refractivity contribution < 1.29 is 22.0 Å². The molecule has 0 aliphatic heterocycles. The summed E-state index contributed by atoms with van der Waals surface area (Å²) in [6, 6.07) is 15.4. The maximum atomic E-state index is 13.7. The molecule has 5 nitrogen and oxygen atoms in total. The molecule has 1 amide bonds. The Morgan fingerprint density at radius 1 is 0.933 bits per heavy atom. The van der Waals surface area contributed by atoms with E-state index in [2.05, 4.69) is 5.32 Å². The van der Waals surface area contributed by atoms with Crippen molar-refractivity contribution in [3.63, 3.8) is 0 Å². The highest BCUT2D eigenvalue weighted by molar-refractivity contribution is 7.98. The van der Waals surface area contributed by atoms with E-state index in [4.69, 9.17) is 0 Å².